The average Bonchev–Trinajstić information content (AvgIpc) is 2.24. The van der Waals surface area contributed by atoms with E-state index in [9.17, 15) is 9.32 Å². The molecule has 0 aromatic heterocycles. The fourth-order valence-corrected chi connectivity index (χ4v) is 2.48. The lowest BCUT2D eigenvalue weighted by atomic mass is 10.1. The second kappa shape index (κ2) is 6.09. The van der Waals surface area contributed by atoms with E-state index in [2.05, 4.69) is 20.7 Å². The summed E-state index contributed by atoms with van der Waals surface area (Å²) in [5.41, 5.74) is 0.916. The Morgan fingerprint density at radius 3 is 2.59 bits per heavy atom. The van der Waals surface area contributed by atoms with Gasteiger partial charge in [0, 0.05) is 4.47 Å². The Morgan fingerprint density at radius 2 is 2.12 bits per heavy atom. The molecule has 0 bridgehead atoms. The summed E-state index contributed by atoms with van der Waals surface area (Å²) in [6.45, 7) is 5.60. The molecule has 2 atom stereocenters. The number of aliphatic hydroxyl groups excluding tert-OH is 1. The van der Waals surface area contributed by atoms with E-state index < -0.39 is 11.0 Å². The number of hydrogen-bond donors (Lipinski definition) is 2. The van der Waals surface area contributed by atoms with Crippen LogP contribution in [0.3, 0.4) is 0 Å². The Labute approximate surface area is 113 Å². The van der Waals surface area contributed by atoms with Crippen molar-refractivity contribution in [3.05, 3.63) is 34.3 Å². The highest BCUT2D eigenvalue weighted by atomic mass is 79.9. The number of benzene rings is 1. The quantitative estimate of drug-likeness (QED) is 0.896. The minimum atomic E-state index is -1.20. The third-order valence-corrected chi connectivity index (χ3v) is 4.34. The molecule has 0 spiro atoms. The highest BCUT2D eigenvalue weighted by Gasteiger charge is 2.23. The van der Waals surface area contributed by atoms with Gasteiger partial charge >= 0.3 is 0 Å². The van der Waals surface area contributed by atoms with E-state index in [-0.39, 0.29) is 17.4 Å². The molecule has 96 valence electrons. The van der Waals surface area contributed by atoms with E-state index in [1.54, 1.807) is 0 Å². The Morgan fingerprint density at radius 1 is 1.47 bits per heavy atom. The highest BCUT2D eigenvalue weighted by Crippen LogP contribution is 2.20. The zero-order chi connectivity index (χ0) is 13.1. The van der Waals surface area contributed by atoms with Gasteiger partial charge in [-0.25, -0.2) is 8.93 Å². The largest absolute Gasteiger partial charge is 0.394 e. The van der Waals surface area contributed by atoms with E-state index in [4.69, 9.17) is 0 Å². The summed E-state index contributed by atoms with van der Waals surface area (Å²) < 4.78 is 15.5. The van der Waals surface area contributed by atoms with Gasteiger partial charge in [0.05, 0.1) is 28.4 Å². The van der Waals surface area contributed by atoms with Crippen molar-refractivity contribution in [3.8, 4) is 0 Å². The summed E-state index contributed by atoms with van der Waals surface area (Å²) in [4.78, 5) is 0. The standard InChI is InChI=1S/C12H18BrNO2S/c1-12(2,3)17(16)14-11(8-15)9-5-4-6-10(13)7-9/h4-7,11,14-15H,8H2,1-3H3/t11-,17+/m0/s1. The first kappa shape index (κ1) is 14.8. The van der Waals surface area contributed by atoms with Crippen LogP contribution in [0.4, 0.5) is 0 Å². The first-order valence-corrected chi connectivity index (χ1v) is 7.33. The summed E-state index contributed by atoms with van der Waals surface area (Å²) in [6.07, 6.45) is 0. The van der Waals surface area contributed by atoms with Crippen molar-refractivity contribution < 1.29 is 9.32 Å². The number of rotatable bonds is 4. The SMILES string of the molecule is CC(C)(C)[S@@](=O)N[C@@H](CO)c1cccc(Br)c1. The lowest BCUT2D eigenvalue weighted by molar-refractivity contribution is 0.259. The maximum atomic E-state index is 12.0. The molecule has 1 aromatic carbocycles. The molecular formula is C12H18BrNO2S. The Kier molecular flexibility index (Phi) is 5.31. The zero-order valence-electron chi connectivity index (χ0n) is 10.2. The van der Waals surface area contributed by atoms with Gasteiger partial charge < -0.3 is 5.11 Å². The predicted molar refractivity (Wildman–Crippen MR) is 75.0 cm³/mol. The molecular weight excluding hydrogens is 302 g/mol. The second-order valence-electron chi connectivity index (χ2n) is 4.79. The highest BCUT2D eigenvalue weighted by molar-refractivity contribution is 9.10. The third-order valence-electron chi connectivity index (χ3n) is 2.24. The van der Waals surface area contributed by atoms with Gasteiger partial charge in [0.15, 0.2) is 0 Å². The second-order valence-corrected chi connectivity index (χ2v) is 7.70. The summed E-state index contributed by atoms with van der Waals surface area (Å²) in [5.74, 6) is 0. The molecule has 0 unspecified atom stereocenters. The number of aliphatic hydroxyl groups is 1. The van der Waals surface area contributed by atoms with Crippen molar-refractivity contribution in [1.82, 2.24) is 4.72 Å². The van der Waals surface area contributed by atoms with Crippen LogP contribution in [0, 0.1) is 0 Å². The Hall–Kier alpha value is -0.230. The van der Waals surface area contributed by atoms with Crippen LogP contribution in [0.15, 0.2) is 28.7 Å². The van der Waals surface area contributed by atoms with Gasteiger partial charge in [-0.15, -0.1) is 0 Å². The van der Waals surface area contributed by atoms with Crippen molar-refractivity contribution >= 4 is 26.9 Å². The molecule has 0 aliphatic heterocycles. The van der Waals surface area contributed by atoms with Crippen LogP contribution >= 0.6 is 15.9 Å². The van der Waals surface area contributed by atoms with Gasteiger partial charge in [-0.3, -0.25) is 0 Å². The first-order valence-electron chi connectivity index (χ1n) is 5.39. The van der Waals surface area contributed by atoms with E-state index in [1.165, 1.54) is 0 Å². The molecule has 0 fully saturated rings. The van der Waals surface area contributed by atoms with Crippen LogP contribution in [-0.4, -0.2) is 20.7 Å². The predicted octanol–water partition coefficient (Wildman–Crippen LogP) is 2.53. The summed E-state index contributed by atoms with van der Waals surface area (Å²) in [7, 11) is -1.20. The first-order chi connectivity index (χ1) is 7.84. The van der Waals surface area contributed by atoms with E-state index in [0.717, 1.165) is 10.0 Å². The minimum Gasteiger partial charge on any atom is -0.394 e. The fraction of sp³-hybridized carbons (Fsp3) is 0.500. The number of halogens is 1. The van der Waals surface area contributed by atoms with Crippen LogP contribution in [0.1, 0.15) is 32.4 Å². The third kappa shape index (κ3) is 4.50. The summed E-state index contributed by atoms with van der Waals surface area (Å²) in [6, 6.07) is 7.31. The van der Waals surface area contributed by atoms with Gasteiger partial charge in [0.1, 0.15) is 0 Å². The molecule has 17 heavy (non-hydrogen) atoms. The van der Waals surface area contributed by atoms with Gasteiger partial charge in [-0.1, -0.05) is 28.1 Å². The minimum absolute atomic E-state index is 0.0850. The molecule has 0 saturated carbocycles. The topological polar surface area (TPSA) is 49.3 Å². The van der Waals surface area contributed by atoms with Crippen LogP contribution in [0.5, 0.6) is 0 Å². The van der Waals surface area contributed by atoms with Crippen LogP contribution in [0.25, 0.3) is 0 Å². The van der Waals surface area contributed by atoms with Crippen molar-refractivity contribution in [3.63, 3.8) is 0 Å². The maximum Gasteiger partial charge on any atom is 0.0976 e. The molecule has 5 heteroatoms. The van der Waals surface area contributed by atoms with Gasteiger partial charge in [0.2, 0.25) is 0 Å². The lowest BCUT2D eigenvalue weighted by Crippen LogP contribution is -2.37. The molecule has 2 N–H and O–H groups in total. The molecule has 0 amide bonds. The smallest absolute Gasteiger partial charge is 0.0976 e. The van der Waals surface area contributed by atoms with Crippen molar-refractivity contribution in [1.29, 1.82) is 0 Å². The number of nitrogens with one attached hydrogen (secondary N) is 1. The molecule has 1 rings (SSSR count). The average molecular weight is 320 g/mol. The van der Waals surface area contributed by atoms with Gasteiger partial charge in [-0.05, 0) is 38.5 Å². The van der Waals surface area contributed by atoms with Crippen molar-refractivity contribution in [2.75, 3.05) is 6.61 Å². The molecule has 3 nitrogen and oxygen atoms in total. The Bertz CT molecular complexity index is 404. The molecule has 0 aliphatic carbocycles. The van der Waals surface area contributed by atoms with Crippen LogP contribution < -0.4 is 4.72 Å². The molecule has 0 heterocycles. The van der Waals surface area contributed by atoms with Crippen molar-refractivity contribution in [2.24, 2.45) is 0 Å². The number of hydrogen-bond acceptors (Lipinski definition) is 2. The molecule has 0 aliphatic rings. The monoisotopic (exact) mass is 319 g/mol. The normalized spacial score (nSPS) is 15.6. The van der Waals surface area contributed by atoms with E-state index >= 15 is 0 Å². The lowest BCUT2D eigenvalue weighted by Gasteiger charge is -2.23. The zero-order valence-corrected chi connectivity index (χ0v) is 12.6. The summed E-state index contributed by atoms with van der Waals surface area (Å²) >= 11 is 3.38. The van der Waals surface area contributed by atoms with Gasteiger partial charge in [-0.2, -0.15) is 0 Å². The van der Waals surface area contributed by atoms with E-state index in [1.807, 2.05) is 45.0 Å². The van der Waals surface area contributed by atoms with Crippen LogP contribution in [-0.2, 0) is 11.0 Å². The fourth-order valence-electron chi connectivity index (χ4n) is 1.24. The van der Waals surface area contributed by atoms with Crippen LogP contribution in [0.2, 0.25) is 0 Å². The van der Waals surface area contributed by atoms with E-state index in [0.29, 0.717) is 0 Å². The maximum absolute atomic E-state index is 12.0. The summed E-state index contributed by atoms with van der Waals surface area (Å²) in [5, 5.41) is 9.37. The van der Waals surface area contributed by atoms with Gasteiger partial charge in [0.25, 0.3) is 0 Å². The molecule has 1 aromatic rings. The van der Waals surface area contributed by atoms with Crippen molar-refractivity contribution in [2.45, 2.75) is 31.6 Å². The molecule has 0 radical (unpaired) electrons. The Balaban J connectivity index is 2.83. The molecule has 0 saturated heterocycles.